The molecule has 0 spiro atoms. The number of hydrogen-bond acceptors (Lipinski definition) is 4. The molecule has 0 aromatic rings. The number of aliphatic carboxylic acids is 2. The van der Waals surface area contributed by atoms with E-state index >= 15 is 0 Å². The molecular weight excluding hydrogens is 484 g/mol. The summed E-state index contributed by atoms with van der Waals surface area (Å²) in [5.74, 6) is -1.25. The van der Waals surface area contributed by atoms with Crippen LogP contribution in [-0.4, -0.2) is 47.1 Å². The van der Waals surface area contributed by atoms with Gasteiger partial charge in [0.2, 0.25) is 11.8 Å². The van der Waals surface area contributed by atoms with E-state index in [-0.39, 0.29) is 24.7 Å². The molecule has 0 saturated carbocycles. The van der Waals surface area contributed by atoms with E-state index in [1.165, 1.54) is 51.4 Å². The zero-order valence-electron chi connectivity index (χ0n) is 23.9. The molecule has 0 atom stereocenters. The third-order valence-corrected chi connectivity index (χ3v) is 6.84. The second-order valence-corrected chi connectivity index (χ2v) is 10.6. The predicted octanol–water partition coefficient (Wildman–Crippen LogP) is 6.75. The fraction of sp³-hybridized carbons (Fsp3) is 0.867. The molecule has 0 aromatic carbocycles. The first-order valence-corrected chi connectivity index (χ1v) is 15.4. The second kappa shape index (κ2) is 27.9. The van der Waals surface area contributed by atoms with Crippen LogP contribution in [0.3, 0.4) is 0 Å². The molecule has 0 aliphatic heterocycles. The fourth-order valence-corrected chi connectivity index (χ4v) is 4.48. The van der Waals surface area contributed by atoms with Crippen molar-refractivity contribution >= 4 is 23.8 Å². The Morgan fingerprint density at radius 1 is 0.342 bits per heavy atom. The standard InChI is InChI=1S/C30H56N2O6/c33-27(31-25-19-13-9-5-1-3-7-11-15-23-29(35)36)21-17-18-22-28(34)32-26-20-14-10-6-2-4-8-12-16-24-30(37)38/h1-26H2,(H,31,33)(H,32,34)(H,35,36)(H,37,38). The molecule has 0 heterocycles. The average molecular weight is 541 g/mol. The molecule has 0 aromatic heterocycles. The minimum Gasteiger partial charge on any atom is -0.481 e. The summed E-state index contributed by atoms with van der Waals surface area (Å²) in [4.78, 5) is 44.7. The molecule has 38 heavy (non-hydrogen) atoms. The van der Waals surface area contributed by atoms with Gasteiger partial charge in [0.1, 0.15) is 0 Å². The molecule has 2 amide bonds. The lowest BCUT2D eigenvalue weighted by molar-refractivity contribution is -0.138. The zero-order valence-corrected chi connectivity index (χ0v) is 23.9. The van der Waals surface area contributed by atoms with E-state index in [1.54, 1.807) is 0 Å². The van der Waals surface area contributed by atoms with Crippen LogP contribution in [0.4, 0.5) is 0 Å². The number of unbranched alkanes of at least 4 members (excludes halogenated alkanes) is 17. The van der Waals surface area contributed by atoms with Crippen molar-refractivity contribution < 1.29 is 29.4 Å². The van der Waals surface area contributed by atoms with E-state index in [2.05, 4.69) is 10.6 Å². The summed E-state index contributed by atoms with van der Waals surface area (Å²) < 4.78 is 0. The van der Waals surface area contributed by atoms with Crippen LogP contribution in [0.25, 0.3) is 0 Å². The maximum Gasteiger partial charge on any atom is 0.303 e. The minimum atomic E-state index is -0.703. The molecule has 0 saturated heterocycles. The highest BCUT2D eigenvalue weighted by atomic mass is 16.4. The summed E-state index contributed by atoms with van der Waals surface area (Å²) >= 11 is 0. The van der Waals surface area contributed by atoms with E-state index < -0.39 is 11.9 Å². The van der Waals surface area contributed by atoms with Crippen LogP contribution >= 0.6 is 0 Å². The van der Waals surface area contributed by atoms with E-state index in [0.717, 1.165) is 90.1 Å². The van der Waals surface area contributed by atoms with Gasteiger partial charge in [-0.05, 0) is 38.5 Å². The molecule has 0 radical (unpaired) electrons. The molecule has 8 nitrogen and oxygen atoms in total. The first kappa shape index (κ1) is 35.9. The van der Waals surface area contributed by atoms with Gasteiger partial charge in [0.05, 0.1) is 0 Å². The quantitative estimate of drug-likeness (QED) is 0.0776. The lowest BCUT2D eigenvalue weighted by Gasteiger charge is -2.07. The lowest BCUT2D eigenvalue weighted by Crippen LogP contribution is -2.25. The number of rotatable bonds is 29. The predicted molar refractivity (Wildman–Crippen MR) is 152 cm³/mol. The Bertz CT molecular complexity index is 560. The van der Waals surface area contributed by atoms with E-state index in [1.807, 2.05) is 0 Å². The summed E-state index contributed by atoms with van der Waals surface area (Å²) in [7, 11) is 0. The summed E-state index contributed by atoms with van der Waals surface area (Å²) in [5.41, 5.74) is 0. The number of carboxylic acid groups (broad SMARTS) is 2. The highest BCUT2D eigenvalue weighted by Crippen LogP contribution is 2.11. The highest BCUT2D eigenvalue weighted by Gasteiger charge is 2.04. The van der Waals surface area contributed by atoms with E-state index in [9.17, 15) is 19.2 Å². The van der Waals surface area contributed by atoms with Crippen LogP contribution in [0.5, 0.6) is 0 Å². The molecule has 4 N–H and O–H groups in total. The fourth-order valence-electron chi connectivity index (χ4n) is 4.48. The van der Waals surface area contributed by atoms with E-state index in [0.29, 0.717) is 12.8 Å². The lowest BCUT2D eigenvalue weighted by atomic mass is 10.1. The average Bonchev–Trinajstić information content (AvgIpc) is 2.87. The van der Waals surface area contributed by atoms with Crippen LogP contribution in [0.2, 0.25) is 0 Å². The zero-order chi connectivity index (χ0) is 28.1. The summed E-state index contributed by atoms with van der Waals surface area (Å²) in [5, 5.41) is 23.2. The van der Waals surface area contributed by atoms with Gasteiger partial charge in [0.25, 0.3) is 0 Å². The summed E-state index contributed by atoms with van der Waals surface area (Å²) in [6.07, 6.45) is 22.6. The van der Waals surface area contributed by atoms with Crippen LogP contribution in [0.15, 0.2) is 0 Å². The van der Waals surface area contributed by atoms with Crippen molar-refractivity contribution in [3.63, 3.8) is 0 Å². The second-order valence-electron chi connectivity index (χ2n) is 10.6. The van der Waals surface area contributed by atoms with Crippen LogP contribution in [0, 0.1) is 0 Å². The number of carbonyl (C=O) groups is 4. The van der Waals surface area contributed by atoms with Crippen molar-refractivity contribution in [2.45, 2.75) is 154 Å². The van der Waals surface area contributed by atoms with Gasteiger partial charge in [-0.15, -0.1) is 0 Å². The Hall–Kier alpha value is -2.12. The molecular formula is C30H56N2O6. The van der Waals surface area contributed by atoms with Gasteiger partial charge < -0.3 is 20.8 Å². The molecule has 0 aliphatic rings. The Morgan fingerprint density at radius 3 is 0.868 bits per heavy atom. The highest BCUT2D eigenvalue weighted by molar-refractivity contribution is 5.77. The third kappa shape index (κ3) is 30.1. The monoisotopic (exact) mass is 540 g/mol. The number of carboxylic acids is 2. The smallest absolute Gasteiger partial charge is 0.303 e. The van der Waals surface area contributed by atoms with E-state index in [4.69, 9.17) is 10.2 Å². The molecule has 0 bridgehead atoms. The maximum atomic E-state index is 11.9. The summed E-state index contributed by atoms with van der Waals surface area (Å²) in [6.45, 7) is 1.45. The van der Waals surface area contributed by atoms with Crippen LogP contribution < -0.4 is 10.6 Å². The molecule has 0 aliphatic carbocycles. The molecule has 0 fully saturated rings. The number of nitrogens with one attached hydrogen (secondary N) is 2. The minimum absolute atomic E-state index is 0.0760. The largest absolute Gasteiger partial charge is 0.481 e. The first-order chi connectivity index (χ1) is 18.4. The molecule has 0 unspecified atom stereocenters. The summed E-state index contributed by atoms with van der Waals surface area (Å²) in [6, 6.07) is 0. The Balaban J connectivity index is 3.30. The van der Waals surface area contributed by atoms with Crippen LogP contribution in [-0.2, 0) is 19.2 Å². The van der Waals surface area contributed by atoms with Crippen molar-refractivity contribution in [1.82, 2.24) is 10.6 Å². The van der Waals surface area contributed by atoms with Crippen molar-refractivity contribution in [3.05, 3.63) is 0 Å². The molecule has 222 valence electrons. The van der Waals surface area contributed by atoms with Gasteiger partial charge in [-0.25, -0.2) is 0 Å². The van der Waals surface area contributed by atoms with Gasteiger partial charge in [0, 0.05) is 38.8 Å². The van der Waals surface area contributed by atoms with Crippen molar-refractivity contribution in [2.24, 2.45) is 0 Å². The number of carbonyl (C=O) groups excluding carboxylic acids is 2. The SMILES string of the molecule is O=C(O)CCCCCCCCCCCNC(=O)CCCCC(=O)NCCCCCCCCCCCC(=O)O. The normalized spacial score (nSPS) is 10.8. The van der Waals surface area contributed by atoms with Crippen molar-refractivity contribution in [3.8, 4) is 0 Å². The van der Waals surface area contributed by atoms with Crippen molar-refractivity contribution in [1.29, 1.82) is 0 Å². The Kier molecular flexibility index (Phi) is 26.3. The van der Waals surface area contributed by atoms with Gasteiger partial charge in [-0.1, -0.05) is 89.9 Å². The van der Waals surface area contributed by atoms with Crippen molar-refractivity contribution in [2.75, 3.05) is 13.1 Å². The van der Waals surface area contributed by atoms with Crippen LogP contribution in [0.1, 0.15) is 154 Å². The Labute approximate surface area is 231 Å². The number of amides is 2. The van der Waals surface area contributed by atoms with Gasteiger partial charge in [-0.3, -0.25) is 19.2 Å². The molecule has 8 heteroatoms. The van der Waals surface area contributed by atoms with Gasteiger partial charge >= 0.3 is 11.9 Å². The molecule has 0 rings (SSSR count). The number of hydrogen-bond donors (Lipinski definition) is 4. The third-order valence-electron chi connectivity index (χ3n) is 6.84. The maximum absolute atomic E-state index is 11.9. The topological polar surface area (TPSA) is 133 Å². The Morgan fingerprint density at radius 2 is 0.579 bits per heavy atom. The first-order valence-electron chi connectivity index (χ1n) is 15.4. The van der Waals surface area contributed by atoms with Gasteiger partial charge in [0.15, 0.2) is 0 Å². The van der Waals surface area contributed by atoms with Gasteiger partial charge in [-0.2, -0.15) is 0 Å².